The van der Waals surface area contributed by atoms with E-state index in [0.29, 0.717) is 18.8 Å². The maximum absolute atomic E-state index is 12.8. The van der Waals surface area contributed by atoms with Gasteiger partial charge in [0.05, 0.1) is 12.1 Å². The number of likely N-dealkylation sites (tertiary alicyclic amines) is 2. The van der Waals surface area contributed by atoms with Crippen LogP contribution < -0.4 is 0 Å². The van der Waals surface area contributed by atoms with E-state index >= 15 is 0 Å². The lowest BCUT2D eigenvalue weighted by Gasteiger charge is -2.25. The highest BCUT2D eigenvalue weighted by molar-refractivity contribution is 5.94. The topological polar surface area (TPSA) is 69.8 Å². The average Bonchev–Trinajstić information content (AvgIpc) is 3.25. The molecule has 1 aromatic heterocycles. The summed E-state index contributed by atoms with van der Waals surface area (Å²) in [4.78, 5) is 16.8. The number of amides is 1. The minimum atomic E-state index is -0.454. The Balaban J connectivity index is 1.50. The normalized spacial score (nSPS) is 29.0. The Labute approximate surface area is 130 Å². The molecule has 120 valence electrons. The highest BCUT2D eigenvalue weighted by atomic mass is 16.5. The lowest BCUT2D eigenvalue weighted by molar-refractivity contribution is 0.0752. The van der Waals surface area contributed by atoms with Crippen molar-refractivity contribution >= 4 is 5.91 Å². The summed E-state index contributed by atoms with van der Waals surface area (Å²) in [5, 5.41) is 14.4. The van der Waals surface area contributed by atoms with Gasteiger partial charge in [0.15, 0.2) is 5.69 Å². The maximum Gasteiger partial charge on any atom is 0.276 e. The number of aromatic nitrogens is 1. The van der Waals surface area contributed by atoms with Crippen LogP contribution in [-0.2, 0) is 12.8 Å². The molecule has 3 aliphatic rings. The third-order valence-electron chi connectivity index (χ3n) is 5.31. The molecule has 0 bridgehead atoms. The summed E-state index contributed by atoms with van der Waals surface area (Å²) in [6.45, 7) is 3.06. The molecule has 1 amide bonds. The molecule has 22 heavy (non-hydrogen) atoms. The zero-order chi connectivity index (χ0) is 15.1. The van der Waals surface area contributed by atoms with Crippen LogP contribution in [0.15, 0.2) is 4.52 Å². The van der Waals surface area contributed by atoms with E-state index in [9.17, 15) is 9.90 Å². The van der Waals surface area contributed by atoms with Gasteiger partial charge in [0.25, 0.3) is 5.91 Å². The Morgan fingerprint density at radius 1 is 1.14 bits per heavy atom. The predicted octanol–water partition coefficient (Wildman–Crippen LogP) is 0.834. The van der Waals surface area contributed by atoms with Crippen LogP contribution in [0.5, 0.6) is 0 Å². The minimum absolute atomic E-state index is 0.0763. The van der Waals surface area contributed by atoms with E-state index in [2.05, 4.69) is 10.1 Å². The number of carbonyl (C=O) groups excluding carboxylic acids is 1. The SMILES string of the molecule is O=C(c1noc2c1CCCC2)N1C[C@@H](O)[C@H](N2CCCC2)C1. The van der Waals surface area contributed by atoms with Crippen molar-refractivity contribution in [3.8, 4) is 0 Å². The van der Waals surface area contributed by atoms with Gasteiger partial charge in [-0.25, -0.2) is 0 Å². The number of aliphatic hydroxyl groups is 1. The summed E-state index contributed by atoms with van der Waals surface area (Å²) in [6, 6.07) is 0.0779. The number of aliphatic hydroxyl groups excluding tert-OH is 1. The van der Waals surface area contributed by atoms with Crippen molar-refractivity contribution in [2.24, 2.45) is 0 Å². The molecule has 2 saturated heterocycles. The molecule has 3 heterocycles. The van der Waals surface area contributed by atoms with Crippen molar-refractivity contribution in [3.63, 3.8) is 0 Å². The van der Waals surface area contributed by atoms with Crippen molar-refractivity contribution in [2.45, 2.75) is 50.7 Å². The molecule has 0 radical (unpaired) electrons. The number of carbonyl (C=O) groups is 1. The van der Waals surface area contributed by atoms with E-state index in [1.807, 2.05) is 0 Å². The molecule has 0 saturated carbocycles. The molecule has 1 aromatic rings. The molecular weight excluding hydrogens is 282 g/mol. The van der Waals surface area contributed by atoms with Crippen molar-refractivity contribution in [3.05, 3.63) is 17.0 Å². The van der Waals surface area contributed by atoms with Crippen LogP contribution in [0.2, 0.25) is 0 Å². The van der Waals surface area contributed by atoms with Crippen LogP contribution in [0.25, 0.3) is 0 Å². The predicted molar refractivity (Wildman–Crippen MR) is 79.7 cm³/mol. The Kier molecular flexibility index (Phi) is 3.66. The quantitative estimate of drug-likeness (QED) is 0.876. The number of nitrogens with zero attached hydrogens (tertiary/aromatic N) is 3. The molecule has 1 aliphatic carbocycles. The van der Waals surface area contributed by atoms with E-state index in [1.54, 1.807) is 4.90 Å². The zero-order valence-electron chi connectivity index (χ0n) is 12.8. The second kappa shape index (κ2) is 5.66. The second-order valence-corrected chi connectivity index (χ2v) is 6.73. The first-order valence-corrected chi connectivity index (χ1v) is 8.43. The van der Waals surface area contributed by atoms with E-state index in [-0.39, 0.29) is 11.9 Å². The number of hydrogen-bond acceptors (Lipinski definition) is 5. The third kappa shape index (κ3) is 2.34. The molecule has 1 N–H and O–H groups in total. The minimum Gasteiger partial charge on any atom is -0.390 e. The molecule has 2 fully saturated rings. The Hall–Kier alpha value is -1.40. The van der Waals surface area contributed by atoms with Crippen LogP contribution in [0, 0.1) is 0 Å². The van der Waals surface area contributed by atoms with Gasteiger partial charge in [-0.3, -0.25) is 9.69 Å². The largest absolute Gasteiger partial charge is 0.390 e. The summed E-state index contributed by atoms with van der Waals surface area (Å²) >= 11 is 0. The number of β-amino-alcohol motifs (C(OH)–C–C–N with tert-alkyl or cyclic N) is 1. The Morgan fingerprint density at radius 2 is 1.91 bits per heavy atom. The number of fused-ring (bicyclic) bond motifs is 1. The van der Waals surface area contributed by atoms with Crippen molar-refractivity contribution in [1.29, 1.82) is 0 Å². The van der Waals surface area contributed by atoms with Crippen molar-refractivity contribution in [2.75, 3.05) is 26.2 Å². The maximum atomic E-state index is 12.8. The molecule has 2 aliphatic heterocycles. The summed E-state index contributed by atoms with van der Waals surface area (Å²) in [7, 11) is 0. The number of rotatable bonds is 2. The van der Waals surface area contributed by atoms with Gasteiger partial charge in [-0.1, -0.05) is 5.16 Å². The molecule has 0 spiro atoms. The number of aryl methyl sites for hydroxylation is 1. The molecule has 0 unspecified atom stereocenters. The smallest absolute Gasteiger partial charge is 0.276 e. The summed E-state index contributed by atoms with van der Waals surface area (Å²) in [5.74, 6) is 0.804. The van der Waals surface area contributed by atoms with E-state index in [0.717, 1.165) is 50.1 Å². The van der Waals surface area contributed by atoms with Crippen LogP contribution in [0.1, 0.15) is 47.5 Å². The third-order valence-corrected chi connectivity index (χ3v) is 5.31. The fourth-order valence-electron chi connectivity index (χ4n) is 4.07. The highest BCUT2D eigenvalue weighted by Crippen LogP contribution is 2.27. The van der Waals surface area contributed by atoms with Crippen LogP contribution in [0.4, 0.5) is 0 Å². The van der Waals surface area contributed by atoms with Gasteiger partial charge in [-0.15, -0.1) is 0 Å². The Morgan fingerprint density at radius 3 is 2.73 bits per heavy atom. The molecule has 2 atom stereocenters. The first-order chi connectivity index (χ1) is 10.7. The van der Waals surface area contributed by atoms with Gasteiger partial charge in [0.1, 0.15) is 5.76 Å². The van der Waals surface area contributed by atoms with Gasteiger partial charge in [-0.05, 0) is 45.2 Å². The van der Waals surface area contributed by atoms with Crippen LogP contribution in [-0.4, -0.2) is 64.3 Å². The van der Waals surface area contributed by atoms with Gasteiger partial charge < -0.3 is 14.5 Å². The van der Waals surface area contributed by atoms with E-state index in [1.165, 1.54) is 12.8 Å². The van der Waals surface area contributed by atoms with Crippen molar-refractivity contribution in [1.82, 2.24) is 15.0 Å². The Bertz CT molecular complexity index is 565. The lowest BCUT2D eigenvalue weighted by Crippen LogP contribution is -2.41. The molecule has 0 aromatic carbocycles. The first-order valence-electron chi connectivity index (χ1n) is 8.43. The second-order valence-electron chi connectivity index (χ2n) is 6.73. The first kappa shape index (κ1) is 14.2. The van der Waals surface area contributed by atoms with Crippen LogP contribution >= 0.6 is 0 Å². The number of hydrogen-bond donors (Lipinski definition) is 1. The van der Waals surface area contributed by atoms with Gasteiger partial charge >= 0.3 is 0 Å². The molecular formula is C16H23N3O3. The summed E-state index contributed by atoms with van der Waals surface area (Å²) < 4.78 is 5.35. The monoisotopic (exact) mass is 305 g/mol. The molecule has 6 nitrogen and oxygen atoms in total. The standard InChI is InChI=1S/C16H23N3O3/c20-13-10-19(9-12(13)18-7-3-4-8-18)16(21)15-11-5-1-2-6-14(11)22-17-15/h12-13,20H,1-10H2/t12-,13-/m1/s1. The van der Waals surface area contributed by atoms with Crippen LogP contribution in [0.3, 0.4) is 0 Å². The average molecular weight is 305 g/mol. The molecule has 6 heteroatoms. The van der Waals surface area contributed by atoms with E-state index < -0.39 is 6.10 Å². The van der Waals surface area contributed by atoms with E-state index in [4.69, 9.17) is 4.52 Å². The fraction of sp³-hybridized carbons (Fsp3) is 0.750. The van der Waals surface area contributed by atoms with Gasteiger partial charge in [-0.2, -0.15) is 0 Å². The lowest BCUT2D eigenvalue weighted by atomic mass is 9.96. The highest BCUT2D eigenvalue weighted by Gasteiger charge is 2.40. The molecule has 4 rings (SSSR count). The van der Waals surface area contributed by atoms with Crippen molar-refractivity contribution < 1.29 is 14.4 Å². The van der Waals surface area contributed by atoms with Gasteiger partial charge in [0, 0.05) is 25.1 Å². The fourth-order valence-corrected chi connectivity index (χ4v) is 4.07. The zero-order valence-corrected chi connectivity index (χ0v) is 12.8. The summed E-state index contributed by atoms with van der Waals surface area (Å²) in [6.07, 6.45) is 5.88. The van der Waals surface area contributed by atoms with Gasteiger partial charge in [0.2, 0.25) is 0 Å². The summed E-state index contributed by atoms with van der Waals surface area (Å²) in [5.41, 5.74) is 1.47.